The molecule has 0 saturated heterocycles. The number of carbonyl (C=O) groups excluding carboxylic acids is 3. The van der Waals surface area contributed by atoms with Crippen molar-refractivity contribution in [2.45, 2.75) is 335 Å². The molecule has 0 aromatic rings. The molecule has 0 rings (SSSR count). The van der Waals surface area contributed by atoms with Crippen LogP contribution in [0.4, 0.5) is 0 Å². The van der Waals surface area contributed by atoms with E-state index in [4.69, 9.17) is 14.2 Å². The Bertz CT molecular complexity index is 1470. The van der Waals surface area contributed by atoms with Crippen molar-refractivity contribution in [3.63, 3.8) is 0 Å². The van der Waals surface area contributed by atoms with Crippen molar-refractivity contribution in [2.24, 2.45) is 0 Å². The van der Waals surface area contributed by atoms with E-state index in [2.05, 4.69) is 99.8 Å². The van der Waals surface area contributed by atoms with Crippen LogP contribution in [0.1, 0.15) is 329 Å². The number of ether oxygens (including phenoxy) is 3. The summed E-state index contributed by atoms with van der Waals surface area (Å²) in [6.45, 7) is 6.48. The van der Waals surface area contributed by atoms with Crippen molar-refractivity contribution in [1.82, 2.24) is 0 Å². The van der Waals surface area contributed by atoms with E-state index in [1.165, 1.54) is 212 Å². The van der Waals surface area contributed by atoms with Gasteiger partial charge in [0.15, 0.2) is 6.10 Å². The van der Waals surface area contributed by atoms with Crippen LogP contribution >= 0.6 is 0 Å². The Morgan fingerprint density at radius 2 is 0.532 bits per heavy atom. The summed E-state index contributed by atoms with van der Waals surface area (Å²) < 4.78 is 16.9. The highest BCUT2D eigenvalue weighted by atomic mass is 16.6. The third-order valence-electron chi connectivity index (χ3n) is 14.4. The molecule has 77 heavy (non-hydrogen) atoms. The molecule has 444 valence electrons. The van der Waals surface area contributed by atoms with Gasteiger partial charge in [-0.2, -0.15) is 0 Å². The summed E-state index contributed by atoms with van der Waals surface area (Å²) in [5.74, 6) is -0.972. The van der Waals surface area contributed by atoms with Crippen molar-refractivity contribution in [2.75, 3.05) is 13.2 Å². The Morgan fingerprint density at radius 3 is 0.883 bits per heavy atom. The van der Waals surface area contributed by atoms with Crippen molar-refractivity contribution in [3.8, 4) is 0 Å². The summed E-state index contributed by atoms with van der Waals surface area (Å²) in [6.07, 6.45) is 86.2. The van der Waals surface area contributed by atoms with E-state index in [0.29, 0.717) is 19.3 Å². The second kappa shape index (κ2) is 65.1. The van der Waals surface area contributed by atoms with E-state index in [-0.39, 0.29) is 37.5 Å². The van der Waals surface area contributed by atoms with E-state index in [9.17, 15) is 14.4 Å². The first kappa shape index (κ1) is 73.6. The first-order chi connectivity index (χ1) is 38.0. The summed E-state index contributed by atoms with van der Waals surface area (Å²) >= 11 is 0. The summed E-state index contributed by atoms with van der Waals surface area (Å²) in [4.78, 5) is 38.3. The third kappa shape index (κ3) is 63.3. The van der Waals surface area contributed by atoms with Gasteiger partial charge < -0.3 is 14.2 Å². The van der Waals surface area contributed by atoms with E-state index in [0.717, 1.165) is 70.6 Å². The molecule has 0 radical (unpaired) electrons. The second-order valence-electron chi connectivity index (χ2n) is 22.0. The summed E-state index contributed by atoms with van der Waals surface area (Å²) in [6, 6.07) is 0. The van der Waals surface area contributed by atoms with Gasteiger partial charge in [-0.3, -0.25) is 14.4 Å². The fraction of sp³-hybridized carbons (Fsp3) is 0.761. The van der Waals surface area contributed by atoms with Crippen LogP contribution in [-0.2, 0) is 28.6 Å². The van der Waals surface area contributed by atoms with Crippen LogP contribution in [0, 0.1) is 0 Å². The van der Waals surface area contributed by atoms with Gasteiger partial charge in [0.25, 0.3) is 0 Å². The zero-order valence-electron chi connectivity index (χ0n) is 51.0. The van der Waals surface area contributed by atoms with E-state index in [1.807, 2.05) is 6.08 Å². The van der Waals surface area contributed by atoms with Crippen LogP contribution in [0.25, 0.3) is 0 Å². The van der Waals surface area contributed by atoms with Gasteiger partial charge in [0.05, 0.1) is 0 Å². The van der Waals surface area contributed by atoms with Gasteiger partial charge >= 0.3 is 17.9 Å². The van der Waals surface area contributed by atoms with Crippen molar-refractivity contribution in [1.29, 1.82) is 0 Å². The predicted octanol–water partition coefficient (Wildman–Crippen LogP) is 22.7. The van der Waals surface area contributed by atoms with Crippen LogP contribution < -0.4 is 0 Å². The molecule has 6 heteroatoms. The average molecular weight is 1070 g/mol. The molecule has 0 bridgehead atoms. The van der Waals surface area contributed by atoms with Crippen LogP contribution in [0.15, 0.2) is 85.1 Å². The predicted molar refractivity (Wildman–Crippen MR) is 334 cm³/mol. The normalized spacial score (nSPS) is 12.6. The van der Waals surface area contributed by atoms with Crippen molar-refractivity contribution >= 4 is 17.9 Å². The largest absolute Gasteiger partial charge is 0.462 e. The van der Waals surface area contributed by atoms with Gasteiger partial charge in [-0.1, -0.05) is 292 Å². The van der Waals surface area contributed by atoms with Gasteiger partial charge in [0, 0.05) is 19.3 Å². The quantitative estimate of drug-likeness (QED) is 0.0261. The minimum Gasteiger partial charge on any atom is -0.462 e. The molecule has 0 amide bonds. The van der Waals surface area contributed by atoms with Gasteiger partial charge in [0.2, 0.25) is 0 Å². The van der Waals surface area contributed by atoms with E-state index < -0.39 is 6.10 Å². The molecular weight excluding hydrogens is 949 g/mol. The molecule has 0 aromatic heterocycles. The average Bonchev–Trinajstić information content (AvgIpc) is 3.43. The standard InChI is InChI=1S/C71H124O6/c1-4-7-10-13-16-19-22-25-27-29-31-32-33-34-35-36-37-38-40-41-43-46-49-52-55-58-61-64-70(73)76-67-68(66-75-69(72)63-60-57-54-51-48-45-24-21-18-15-12-9-6-3)77-71(74)65-62-59-56-53-50-47-44-42-39-30-28-26-23-20-17-14-11-8-5-2/h9,12,18,21-22,25-26,28-29,31,45,48,54,57,68H,4-8,10-11,13-17,19-20,23-24,27,30,32-44,46-47,49-53,55-56,58-67H2,1-3H3/b12-9-,21-18-,25-22-,28-26-,31-29-,48-45-,57-54-. The highest BCUT2D eigenvalue weighted by molar-refractivity contribution is 5.71. The van der Waals surface area contributed by atoms with Crippen LogP contribution in [-0.4, -0.2) is 37.2 Å². The maximum absolute atomic E-state index is 12.9. The van der Waals surface area contributed by atoms with Crippen LogP contribution in [0.2, 0.25) is 0 Å². The van der Waals surface area contributed by atoms with E-state index >= 15 is 0 Å². The maximum Gasteiger partial charge on any atom is 0.306 e. The minimum atomic E-state index is -0.807. The molecule has 0 N–H and O–H groups in total. The Kier molecular flexibility index (Phi) is 62.2. The molecule has 6 nitrogen and oxygen atoms in total. The van der Waals surface area contributed by atoms with Crippen molar-refractivity contribution < 1.29 is 28.6 Å². The maximum atomic E-state index is 12.9. The van der Waals surface area contributed by atoms with Gasteiger partial charge in [-0.25, -0.2) is 0 Å². The van der Waals surface area contributed by atoms with Crippen LogP contribution in [0.5, 0.6) is 0 Å². The zero-order chi connectivity index (χ0) is 55.7. The highest BCUT2D eigenvalue weighted by Crippen LogP contribution is 2.17. The molecule has 0 spiro atoms. The molecule has 0 aliphatic carbocycles. The number of unbranched alkanes of at least 4 members (excludes halogenated alkanes) is 35. The number of esters is 3. The molecule has 0 aromatic carbocycles. The lowest BCUT2D eigenvalue weighted by molar-refractivity contribution is -0.166. The molecule has 0 aliphatic rings. The number of allylic oxidation sites excluding steroid dienone is 14. The molecule has 0 saturated carbocycles. The van der Waals surface area contributed by atoms with Gasteiger partial charge in [-0.05, 0) is 103 Å². The Labute approximate surface area is 477 Å². The third-order valence-corrected chi connectivity index (χ3v) is 14.4. The molecule has 1 atom stereocenters. The lowest BCUT2D eigenvalue weighted by Crippen LogP contribution is -2.30. The lowest BCUT2D eigenvalue weighted by atomic mass is 10.0. The number of hydrogen-bond acceptors (Lipinski definition) is 6. The summed E-state index contributed by atoms with van der Waals surface area (Å²) in [5, 5.41) is 0. The zero-order valence-corrected chi connectivity index (χ0v) is 51.0. The first-order valence-electron chi connectivity index (χ1n) is 33.1. The second-order valence-corrected chi connectivity index (χ2v) is 22.0. The molecule has 0 fully saturated rings. The molecule has 0 aliphatic heterocycles. The minimum absolute atomic E-state index is 0.0974. The molecule has 1 unspecified atom stereocenters. The van der Waals surface area contributed by atoms with Gasteiger partial charge in [0.1, 0.15) is 13.2 Å². The van der Waals surface area contributed by atoms with Crippen LogP contribution in [0.3, 0.4) is 0 Å². The van der Waals surface area contributed by atoms with Crippen molar-refractivity contribution in [3.05, 3.63) is 85.1 Å². The monoisotopic (exact) mass is 1070 g/mol. The van der Waals surface area contributed by atoms with E-state index in [1.54, 1.807) is 0 Å². The SMILES string of the molecule is CC/C=C\C/C=C\C/C=C\C/C=C\CCC(=O)OCC(COC(=O)CCCCCCCCCCCCCCCCC/C=C\C/C=C\CCCCCCC)OC(=O)CCCCCCCCCCC/C=C\CCCCCCCC. The lowest BCUT2D eigenvalue weighted by Gasteiger charge is -2.18. The number of carbonyl (C=O) groups is 3. The summed E-state index contributed by atoms with van der Waals surface area (Å²) in [7, 11) is 0. The number of hydrogen-bond donors (Lipinski definition) is 0. The topological polar surface area (TPSA) is 78.9 Å². The fourth-order valence-corrected chi connectivity index (χ4v) is 9.43. The first-order valence-corrected chi connectivity index (χ1v) is 33.1. The molecular formula is C71H124O6. The highest BCUT2D eigenvalue weighted by Gasteiger charge is 2.19. The van der Waals surface area contributed by atoms with Gasteiger partial charge in [-0.15, -0.1) is 0 Å². The Balaban J connectivity index is 4.29. The summed E-state index contributed by atoms with van der Waals surface area (Å²) in [5.41, 5.74) is 0. The Morgan fingerprint density at radius 1 is 0.273 bits per heavy atom. The number of rotatable bonds is 60. The smallest absolute Gasteiger partial charge is 0.306 e. The Hall–Kier alpha value is -3.41. The molecule has 0 heterocycles. The fourth-order valence-electron chi connectivity index (χ4n) is 9.43.